The van der Waals surface area contributed by atoms with E-state index in [9.17, 15) is 10.2 Å². The Hall–Kier alpha value is -3.77. The van der Waals surface area contributed by atoms with Crippen molar-refractivity contribution in [3.8, 4) is 0 Å². The maximum atomic E-state index is 10.7. The molecule has 0 amide bonds. The minimum atomic E-state index is -2.05. The molecule has 0 fully saturated rings. The zero-order chi connectivity index (χ0) is 30.3. The lowest BCUT2D eigenvalue weighted by Crippen LogP contribution is -2.64. The molecule has 44 heavy (non-hydrogen) atoms. The molecule has 0 unspecified atom stereocenters. The van der Waals surface area contributed by atoms with Gasteiger partial charge in [-0.3, -0.25) is 0 Å². The zero-order valence-electron chi connectivity index (χ0n) is 26.3. The Kier molecular flexibility index (Phi) is 6.39. The summed E-state index contributed by atoms with van der Waals surface area (Å²) >= 11 is 0. The molecule has 0 bridgehead atoms. The molecule has 8 rings (SSSR count). The largest absolute Gasteiger partial charge is 0.392 e. The number of nitrogens with zero attached hydrogens (tertiary/aromatic N) is 2. The van der Waals surface area contributed by atoms with E-state index in [0.29, 0.717) is 0 Å². The van der Waals surface area contributed by atoms with Crippen LogP contribution in [0, 0.1) is 0 Å². The van der Waals surface area contributed by atoms with Gasteiger partial charge in [-0.1, -0.05) is 49.5 Å². The molecule has 5 heteroatoms. The van der Waals surface area contributed by atoms with Crippen LogP contribution in [0.3, 0.4) is 0 Å². The second kappa shape index (κ2) is 10.1. The van der Waals surface area contributed by atoms with Crippen molar-refractivity contribution in [2.24, 2.45) is 0 Å². The Morgan fingerprint density at radius 3 is 2.23 bits per heavy atom. The smallest absolute Gasteiger partial charge is 0.202 e. The fraction of sp³-hybridized carbons (Fsp3) is 0.308. The Morgan fingerprint density at radius 2 is 1.48 bits per heavy atom. The predicted octanol–water partition coefficient (Wildman–Crippen LogP) is 3.81. The van der Waals surface area contributed by atoms with Crippen LogP contribution in [0.2, 0.25) is 13.1 Å². The third kappa shape index (κ3) is 3.92. The topological polar surface area (TPSA) is 46.7 Å². The van der Waals surface area contributed by atoms with Crippen molar-refractivity contribution in [3.63, 3.8) is 0 Å². The standard InChI is InChI=1S/C39H41N2O2Si/c1-40-15-7-9-24-17-31-37(20-35(24)40)44(3,4)38-21-36-25(10-8-16-41(36)2)18-32(38)39(31)26-13-14-29-30(19-26)34(23-43)28-12-6-5-11-27(28)33(29)22-42/h5-6,11-14,17-21,42-43H,7-10,15-16,22-23H2,1-4H3/q+1. The van der Waals surface area contributed by atoms with E-state index in [1.54, 1.807) is 0 Å². The summed E-state index contributed by atoms with van der Waals surface area (Å²) in [5, 5.41) is 31.1. The fourth-order valence-corrected chi connectivity index (χ4v) is 11.6. The first-order valence-corrected chi connectivity index (χ1v) is 19.1. The van der Waals surface area contributed by atoms with Gasteiger partial charge in [0.2, 0.25) is 5.36 Å². The van der Waals surface area contributed by atoms with E-state index in [1.807, 2.05) is 12.1 Å². The SMILES string of the molecule is CN1CCCc2cc3c(cc21)[Si](C)(C)c1cc2c(cc1=C3c1ccc3c(CO)c4ccccc4c(CO)c3c1)CCC[N+]=2C. The molecule has 0 spiro atoms. The molecule has 0 saturated heterocycles. The van der Waals surface area contributed by atoms with Crippen molar-refractivity contribution < 1.29 is 10.2 Å². The highest BCUT2D eigenvalue weighted by atomic mass is 28.3. The third-order valence-corrected chi connectivity index (χ3v) is 14.4. The van der Waals surface area contributed by atoms with Gasteiger partial charge in [-0.25, -0.2) is 4.58 Å². The molecule has 3 aliphatic rings. The predicted molar refractivity (Wildman–Crippen MR) is 186 cm³/mol. The van der Waals surface area contributed by atoms with E-state index in [2.05, 4.69) is 91.3 Å². The molecule has 5 aromatic carbocycles. The molecule has 0 aromatic heterocycles. The van der Waals surface area contributed by atoms with Gasteiger partial charge in [0.15, 0.2) is 0 Å². The second-order valence-corrected chi connectivity index (χ2v) is 18.0. The lowest BCUT2D eigenvalue weighted by atomic mass is 9.86. The Balaban J connectivity index is 1.52. The highest BCUT2D eigenvalue weighted by Gasteiger charge is 2.38. The zero-order valence-corrected chi connectivity index (χ0v) is 27.3. The Labute approximate surface area is 260 Å². The van der Waals surface area contributed by atoms with Crippen molar-refractivity contribution in [3.05, 3.63) is 111 Å². The van der Waals surface area contributed by atoms with Gasteiger partial charge in [-0.2, -0.15) is 0 Å². The van der Waals surface area contributed by atoms with Crippen molar-refractivity contribution in [1.29, 1.82) is 0 Å². The molecule has 3 aliphatic heterocycles. The van der Waals surface area contributed by atoms with E-state index in [1.165, 1.54) is 67.3 Å². The lowest BCUT2D eigenvalue weighted by molar-refractivity contribution is 0.282. The van der Waals surface area contributed by atoms with Gasteiger partial charge < -0.3 is 15.1 Å². The van der Waals surface area contributed by atoms with Crippen LogP contribution >= 0.6 is 0 Å². The molecule has 0 radical (unpaired) electrons. The average molecular weight is 598 g/mol. The van der Waals surface area contributed by atoms with E-state index in [0.717, 1.165) is 58.6 Å². The summed E-state index contributed by atoms with van der Waals surface area (Å²) in [5.41, 5.74) is 10.0. The van der Waals surface area contributed by atoms with Crippen LogP contribution in [0.1, 0.15) is 46.2 Å². The summed E-state index contributed by atoms with van der Waals surface area (Å²) in [6, 6.07) is 25.0. The number of benzene rings is 5. The summed E-state index contributed by atoms with van der Waals surface area (Å²) in [5.74, 6) is 0. The second-order valence-electron chi connectivity index (χ2n) is 13.7. The molecular weight excluding hydrogens is 557 g/mol. The Bertz CT molecular complexity index is 2160. The summed E-state index contributed by atoms with van der Waals surface area (Å²) < 4.78 is 2.45. The highest BCUT2D eigenvalue weighted by molar-refractivity contribution is 7.01. The molecule has 3 heterocycles. The summed E-state index contributed by atoms with van der Waals surface area (Å²) in [6.07, 6.45) is 4.59. The average Bonchev–Trinajstić information content (AvgIpc) is 3.03. The Morgan fingerprint density at radius 1 is 0.773 bits per heavy atom. The van der Waals surface area contributed by atoms with Crippen LogP contribution in [0.25, 0.3) is 27.1 Å². The van der Waals surface area contributed by atoms with Crippen LogP contribution in [0.4, 0.5) is 5.69 Å². The highest BCUT2D eigenvalue weighted by Crippen LogP contribution is 2.37. The van der Waals surface area contributed by atoms with Crippen LogP contribution in [0.15, 0.2) is 66.7 Å². The van der Waals surface area contributed by atoms with E-state index >= 15 is 0 Å². The molecule has 5 aromatic rings. The number of hydrogen-bond donors (Lipinski definition) is 2. The van der Waals surface area contributed by atoms with Crippen LogP contribution in [0.5, 0.6) is 0 Å². The number of aliphatic hydroxyl groups is 2. The minimum Gasteiger partial charge on any atom is -0.392 e. The number of aliphatic hydroxyl groups excluding tert-OH is 2. The van der Waals surface area contributed by atoms with Gasteiger partial charge in [0, 0.05) is 37.3 Å². The molecule has 4 nitrogen and oxygen atoms in total. The quantitative estimate of drug-likeness (QED) is 0.189. The van der Waals surface area contributed by atoms with E-state index in [4.69, 9.17) is 0 Å². The molecule has 222 valence electrons. The van der Waals surface area contributed by atoms with Crippen LogP contribution < -0.4 is 30.4 Å². The van der Waals surface area contributed by atoms with Crippen LogP contribution in [-0.2, 0) is 26.1 Å². The van der Waals surface area contributed by atoms with Crippen molar-refractivity contribution in [1.82, 2.24) is 4.58 Å². The summed E-state index contributed by atoms with van der Waals surface area (Å²) in [6.45, 7) is 7.20. The van der Waals surface area contributed by atoms with Crippen molar-refractivity contribution in [2.75, 3.05) is 32.1 Å². The summed E-state index contributed by atoms with van der Waals surface area (Å²) in [4.78, 5) is 2.45. The number of fused-ring (bicyclic) bond motifs is 6. The summed E-state index contributed by atoms with van der Waals surface area (Å²) in [7, 11) is 2.44. The fourth-order valence-electron chi connectivity index (χ4n) is 8.53. The molecule has 0 aliphatic carbocycles. The van der Waals surface area contributed by atoms with E-state index < -0.39 is 8.07 Å². The minimum absolute atomic E-state index is 0.0383. The lowest BCUT2D eigenvalue weighted by Gasteiger charge is -2.37. The number of aryl methyl sites for hydroxylation is 2. The van der Waals surface area contributed by atoms with Gasteiger partial charge in [0.1, 0.15) is 21.7 Å². The number of rotatable bonds is 3. The first-order valence-electron chi connectivity index (χ1n) is 16.1. The van der Waals surface area contributed by atoms with E-state index in [-0.39, 0.29) is 13.2 Å². The van der Waals surface area contributed by atoms with Crippen molar-refractivity contribution >= 4 is 51.3 Å². The van der Waals surface area contributed by atoms with Crippen molar-refractivity contribution in [2.45, 2.75) is 52.0 Å². The van der Waals surface area contributed by atoms with Gasteiger partial charge in [-0.15, -0.1) is 0 Å². The monoisotopic (exact) mass is 597 g/mol. The maximum Gasteiger partial charge on any atom is 0.202 e. The molecule has 0 atom stereocenters. The van der Waals surface area contributed by atoms with Gasteiger partial charge >= 0.3 is 0 Å². The number of anilines is 1. The first-order chi connectivity index (χ1) is 21.3. The molecule has 0 saturated carbocycles. The van der Waals surface area contributed by atoms with Gasteiger partial charge in [0.25, 0.3) is 0 Å². The normalized spacial score (nSPS) is 17.0. The van der Waals surface area contributed by atoms with Gasteiger partial charge in [0.05, 0.1) is 13.2 Å². The molecular formula is C39H41N2O2Si+. The van der Waals surface area contributed by atoms with Gasteiger partial charge in [-0.05, 0) is 114 Å². The number of hydrogen-bond acceptors (Lipinski definition) is 3. The first kappa shape index (κ1) is 27.8. The van der Waals surface area contributed by atoms with Crippen LogP contribution in [-0.4, -0.2) is 45.5 Å². The third-order valence-electron chi connectivity index (χ3n) is 10.9. The maximum absolute atomic E-state index is 10.7. The molecule has 2 N–H and O–H groups in total.